The van der Waals surface area contributed by atoms with E-state index < -0.39 is 78.5 Å². The largest absolute Gasteiger partial charge is 0.479 e. The first kappa shape index (κ1) is 45.0. The summed E-state index contributed by atoms with van der Waals surface area (Å²) in [5.41, 5.74) is 11.3. The molecule has 0 aromatic rings. The van der Waals surface area contributed by atoms with E-state index in [-0.39, 0.29) is 58.1 Å². The maximum atomic E-state index is 13.0. The van der Waals surface area contributed by atoms with Crippen molar-refractivity contribution in [2.24, 2.45) is 11.5 Å². The van der Waals surface area contributed by atoms with Crippen molar-refractivity contribution in [3.8, 4) is 0 Å². The molecule has 0 aromatic carbocycles. The highest BCUT2D eigenvalue weighted by Crippen LogP contribution is 2.07. The second-order valence-corrected chi connectivity index (χ2v) is 11.2. The summed E-state index contributed by atoms with van der Waals surface area (Å²) in [6.07, 6.45) is -1.81. The molecule has 0 aromatic heterocycles. The molecule has 0 saturated heterocycles. The van der Waals surface area contributed by atoms with E-state index in [1.807, 2.05) is 17.6 Å². The average molecular weight is 709 g/mol. The highest BCUT2D eigenvalue weighted by molar-refractivity contribution is 5.97. The summed E-state index contributed by atoms with van der Waals surface area (Å²) in [5.74, 6) is -6.98. The van der Waals surface area contributed by atoms with Crippen LogP contribution in [0.15, 0.2) is 0 Å². The van der Waals surface area contributed by atoms with Gasteiger partial charge in [-0.2, -0.15) is 0 Å². The van der Waals surface area contributed by atoms with E-state index >= 15 is 0 Å². The molecule has 6 unspecified atom stereocenters. The fourth-order valence-electron chi connectivity index (χ4n) is 4.26. The molecule has 21 heteroatoms. The third-order valence-corrected chi connectivity index (χ3v) is 7.07. The van der Waals surface area contributed by atoms with Crippen LogP contribution in [-0.2, 0) is 33.6 Å². The first-order valence-corrected chi connectivity index (χ1v) is 15.9. The quantitative estimate of drug-likeness (QED) is 0.0165. The van der Waals surface area contributed by atoms with Gasteiger partial charge in [0.1, 0.15) is 18.1 Å². The zero-order chi connectivity index (χ0) is 37.5. The smallest absolute Gasteiger partial charge is 0.335 e. The van der Waals surface area contributed by atoms with Gasteiger partial charge in [-0.15, -0.1) is 0 Å². The van der Waals surface area contributed by atoms with Crippen LogP contribution in [0.4, 0.5) is 0 Å². The Labute approximate surface area is 283 Å². The van der Waals surface area contributed by atoms with Crippen LogP contribution in [0.3, 0.4) is 0 Å². The van der Waals surface area contributed by atoms with Crippen LogP contribution >= 0.6 is 0 Å². The Balaban J connectivity index is 5.49. The Bertz CT molecular complexity index is 1070. The first-order chi connectivity index (χ1) is 23.1. The van der Waals surface area contributed by atoms with Crippen molar-refractivity contribution >= 4 is 41.9 Å². The van der Waals surface area contributed by atoms with Crippen molar-refractivity contribution in [2.75, 3.05) is 32.8 Å². The molecule has 282 valence electrons. The minimum atomic E-state index is -2.54. The lowest BCUT2D eigenvalue weighted by atomic mass is 10.1. The van der Waals surface area contributed by atoms with Crippen molar-refractivity contribution in [1.29, 1.82) is 0 Å². The molecule has 0 aliphatic heterocycles. The zero-order valence-corrected chi connectivity index (χ0v) is 27.5. The van der Waals surface area contributed by atoms with Crippen LogP contribution in [0.25, 0.3) is 0 Å². The predicted octanol–water partition coefficient (Wildman–Crippen LogP) is -4.76. The lowest BCUT2D eigenvalue weighted by Gasteiger charge is -2.26. The van der Waals surface area contributed by atoms with Gasteiger partial charge in [-0.25, -0.2) is 14.9 Å². The highest BCUT2D eigenvalue weighted by atomic mass is 16.5. The number of hydroxylamine groups is 4. The van der Waals surface area contributed by atoms with Crippen LogP contribution in [0.5, 0.6) is 0 Å². The molecule has 0 bridgehead atoms. The first-order valence-electron chi connectivity index (χ1n) is 15.9. The number of carboxylic acids is 1. The molecule has 0 spiro atoms. The van der Waals surface area contributed by atoms with Gasteiger partial charge in [-0.1, -0.05) is 13.3 Å². The number of aliphatic hydroxyl groups excluding tert-OH is 3. The van der Waals surface area contributed by atoms with Crippen LogP contribution in [-0.4, -0.2) is 152 Å². The molecule has 0 aliphatic carbocycles. The number of hydrogen-bond acceptors (Lipinski definition) is 14. The Hall–Kier alpha value is -3.99. The summed E-state index contributed by atoms with van der Waals surface area (Å²) < 4.78 is 0. The van der Waals surface area contributed by atoms with Gasteiger partial charge in [0.25, 0.3) is 0 Å². The minimum absolute atomic E-state index is 0.0287. The fraction of sp³-hybridized carbons (Fsp3) is 0.750. The van der Waals surface area contributed by atoms with Crippen molar-refractivity contribution in [2.45, 2.75) is 101 Å². The molecular formula is C28H52N8O13. The molecule has 0 aliphatic rings. The third kappa shape index (κ3) is 18.4. The van der Waals surface area contributed by atoms with E-state index in [0.29, 0.717) is 42.4 Å². The lowest BCUT2D eigenvalue weighted by molar-refractivity contribution is -0.167. The molecule has 14 N–H and O–H groups in total. The molecule has 49 heavy (non-hydrogen) atoms. The number of nitrogens with one attached hydrogen (secondary N) is 4. The second kappa shape index (κ2) is 25.0. The van der Waals surface area contributed by atoms with Gasteiger partial charge >= 0.3 is 5.97 Å². The third-order valence-electron chi connectivity index (χ3n) is 7.07. The van der Waals surface area contributed by atoms with Crippen LogP contribution in [0.1, 0.15) is 64.7 Å². The van der Waals surface area contributed by atoms with Gasteiger partial charge in [-0.05, 0) is 51.5 Å². The van der Waals surface area contributed by atoms with Gasteiger partial charge in [0.2, 0.25) is 35.9 Å². The number of amides is 6. The van der Waals surface area contributed by atoms with Crippen molar-refractivity contribution in [3.63, 3.8) is 0 Å². The molecular weight excluding hydrogens is 656 g/mol. The summed E-state index contributed by atoms with van der Waals surface area (Å²) in [5, 5.41) is 67.8. The van der Waals surface area contributed by atoms with Gasteiger partial charge in [0.05, 0.1) is 25.2 Å². The number of carbonyl (C=O) groups is 7. The molecule has 0 heterocycles. The van der Waals surface area contributed by atoms with E-state index in [9.17, 15) is 64.4 Å². The zero-order valence-electron chi connectivity index (χ0n) is 27.5. The Morgan fingerprint density at radius 3 is 2.02 bits per heavy atom. The van der Waals surface area contributed by atoms with E-state index in [4.69, 9.17) is 11.5 Å². The lowest BCUT2D eigenvalue weighted by Crippen LogP contribution is -2.62. The Morgan fingerprint density at radius 1 is 0.816 bits per heavy atom. The van der Waals surface area contributed by atoms with Gasteiger partial charge in [0.15, 0.2) is 6.10 Å². The summed E-state index contributed by atoms with van der Waals surface area (Å²) >= 11 is 0. The average Bonchev–Trinajstić information content (AvgIpc) is 3.06. The van der Waals surface area contributed by atoms with Gasteiger partial charge in [0, 0.05) is 19.6 Å². The van der Waals surface area contributed by atoms with E-state index in [2.05, 4.69) is 10.6 Å². The molecule has 6 atom stereocenters. The molecule has 0 rings (SSSR count). The number of aliphatic hydroxyl groups is 3. The predicted molar refractivity (Wildman–Crippen MR) is 168 cm³/mol. The van der Waals surface area contributed by atoms with Gasteiger partial charge < -0.3 is 53.2 Å². The topological polar surface area (TPSA) is 348 Å². The van der Waals surface area contributed by atoms with E-state index in [1.54, 1.807) is 0 Å². The normalized spacial score (nSPS) is 14.6. The summed E-state index contributed by atoms with van der Waals surface area (Å²) in [6, 6.07) is -6.70. The highest BCUT2D eigenvalue weighted by Gasteiger charge is 2.37. The second-order valence-electron chi connectivity index (χ2n) is 11.2. The number of carboxylic acid groups (broad SMARTS) is 1. The number of nitrogens with two attached hydrogens (primary N) is 2. The Kier molecular flexibility index (Phi) is 23.0. The van der Waals surface area contributed by atoms with Crippen molar-refractivity contribution in [3.05, 3.63) is 0 Å². The maximum absolute atomic E-state index is 13.0. The fourth-order valence-corrected chi connectivity index (χ4v) is 4.26. The van der Waals surface area contributed by atoms with Crippen LogP contribution in [0.2, 0.25) is 0 Å². The monoisotopic (exact) mass is 708 g/mol. The summed E-state index contributed by atoms with van der Waals surface area (Å²) in [7, 11) is 0. The molecule has 21 nitrogen and oxygen atoms in total. The van der Waals surface area contributed by atoms with Crippen LogP contribution < -0.4 is 32.7 Å². The SMILES string of the molecule is CCCC(O)CC(=O)N(O)CCCC(N)C(=O)NC(C(=O)NC(CO)C(=O)NC(CCCN(O)C=O)C(=O)NCCCCN)C(O)C(=O)O. The van der Waals surface area contributed by atoms with Crippen molar-refractivity contribution < 1.29 is 64.4 Å². The summed E-state index contributed by atoms with van der Waals surface area (Å²) in [6.45, 7) is 0.878. The molecule has 6 amide bonds. The number of aliphatic carboxylic acids is 1. The van der Waals surface area contributed by atoms with E-state index in [1.165, 1.54) is 0 Å². The molecule has 0 radical (unpaired) electrons. The number of unbranched alkanes of at least 4 members (excludes halogenated alkanes) is 1. The van der Waals surface area contributed by atoms with Crippen LogP contribution in [0, 0.1) is 0 Å². The molecule has 0 saturated carbocycles. The summed E-state index contributed by atoms with van der Waals surface area (Å²) in [4.78, 5) is 85.6. The maximum Gasteiger partial charge on any atom is 0.335 e. The van der Waals surface area contributed by atoms with E-state index in [0.717, 1.165) is 0 Å². The van der Waals surface area contributed by atoms with Gasteiger partial charge in [-0.3, -0.25) is 39.2 Å². The number of nitrogens with zero attached hydrogens (tertiary/aromatic N) is 2. The van der Waals surface area contributed by atoms with Crippen molar-refractivity contribution in [1.82, 2.24) is 31.4 Å². The standard InChI is InChI=1S/C28H52N8O13/c1-2-7-17(39)14-21(40)36(49)13-5-8-18(30)24(42)34-22(23(41)28(46)47)27(45)33-20(15-37)26(44)32-19(9-6-12-35(48)16-38)25(43)31-11-4-3-10-29/h16-20,22-23,37,39,41,48-49H,2-15,29-30H2,1H3,(H,31,43)(H,32,44)(H,33,45)(H,34,42)(H,46,47). The molecule has 0 fully saturated rings. The number of rotatable bonds is 27. The number of carbonyl (C=O) groups excluding carboxylic acids is 6. The number of hydrogen-bond donors (Lipinski definition) is 12. The Morgan fingerprint density at radius 2 is 1.45 bits per heavy atom. The minimum Gasteiger partial charge on any atom is -0.479 e.